The van der Waals surface area contributed by atoms with Crippen LogP contribution in [0.4, 0.5) is 9.59 Å². The normalized spacial score (nSPS) is 20.4. The summed E-state index contributed by atoms with van der Waals surface area (Å²) in [5.41, 5.74) is 7.93. The van der Waals surface area contributed by atoms with Gasteiger partial charge in [0.25, 0.3) is 11.8 Å². The predicted molar refractivity (Wildman–Crippen MR) is 299 cm³/mol. The predicted octanol–water partition coefficient (Wildman–Crippen LogP) is 4.66. The van der Waals surface area contributed by atoms with Crippen LogP contribution in [0.5, 0.6) is 11.5 Å². The average Bonchev–Trinajstić information content (AvgIpc) is 4.21. The molecule has 4 aliphatic heterocycles. The van der Waals surface area contributed by atoms with E-state index in [0.29, 0.717) is 135 Å². The number of hydrogen-bond acceptors (Lipinski definition) is 14. The minimum absolute atomic E-state index is 0.0310. The number of amides is 6. The van der Waals surface area contributed by atoms with Crippen LogP contribution in [0.15, 0.2) is 60.7 Å². The Morgan fingerprint density at radius 2 is 0.988 bits per heavy atom. The molecule has 4 heterocycles. The number of nitriles is 2. The van der Waals surface area contributed by atoms with Crippen molar-refractivity contribution in [1.29, 1.82) is 10.5 Å². The largest absolute Gasteiger partial charge is 0.484 e. The number of nitrogens with zero attached hydrogens (tertiary/aromatic N) is 6. The highest BCUT2D eigenvalue weighted by molar-refractivity contribution is 6.31. The molecule has 0 bridgehead atoms. The van der Waals surface area contributed by atoms with Gasteiger partial charge < -0.3 is 60.6 Å². The minimum atomic E-state index is -0.344. The van der Waals surface area contributed by atoms with Crippen LogP contribution in [-0.4, -0.2) is 174 Å². The van der Waals surface area contributed by atoms with E-state index in [1.807, 2.05) is 48.5 Å². The fourth-order valence-electron chi connectivity index (χ4n) is 11.8. The van der Waals surface area contributed by atoms with E-state index in [-0.39, 0.29) is 61.4 Å². The van der Waals surface area contributed by atoms with E-state index < -0.39 is 0 Å². The summed E-state index contributed by atoms with van der Waals surface area (Å²) in [4.78, 5) is 60.0. The number of rotatable bonds is 23. The molecule has 80 heavy (non-hydrogen) atoms. The Hall–Kier alpha value is -6.72. The minimum Gasteiger partial charge on any atom is -0.484 e. The molecule has 4 atom stereocenters. The number of urea groups is 2. The molecule has 0 radical (unpaired) electrons. The number of carbonyl (C=O) groups excluding carboxylic acids is 4. The lowest BCUT2D eigenvalue weighted by molar-refractivity contribution is 0.0660. The van der Waals surface area contributed by atoms with Crippen molar-refractivity contribution in [2.45, 2.75) is 63.1 Å². The van der Waals surface area contributed by atoms with E-state index >= 15 is 0 Å². The standard InChI is InChI=1S/C58H68Cl2N12O8/c59-41-25-39(33-61)45-31-51(69-15-9-63-10-16-69)53(49(45)27-41)79-43-5-3-37-35-71(55(73)47(37)29-43)19-23-77-21-13-67-57(75)65-7-1-2-8-66-58(76)68-14-22-78-24-20-72-36-38-4-6-44(30-48(38)56(72)74)80-54-50-28-42(60)26-40(34-62)46(50)32-52(54)70-17-11-64-12-18-70/h3-6,25-30,51-54,63-64H,1-2,7-24,31-32,35-36H2,(H2,65,67,75)(H2,66,68,76)/t51-,52-,53-,54-/m0/s1. The SMILES string of the molecule is N#Cc1cc(Cl)cc2c1C[C@H](N1CCNCC1)[C@H]2Oc1ccc2c(c1)C(=O)N(CCOCCNC(=O)NCCCCNC(=O)NCCOCCN1Cc3ccc(O[C@H]4c5cc(Cl)cc(C#N)c5C[C@@H]4N4CCNCC4)cc3C1=O)C2. The van der Waals surface area contributed by atoms with E-state index in [9.17, 15) is 29.7 Å². The Bertz CT molecular complexity index is 2820. The molecule has 4 aromatic carbocycles. The van der Waals surface area contributed by atoms with Crippen LogP contribution in [0.2, 0.25) is 10.0 Å². The van der Waals surface area contributed by atoms with Crippen LogP contribution in [0.1, 0.15) is 90.3 Å². The van der Waals surface area contributed by atoms with Crippen molar-refractivity contribution in [3.63, 3.8) is 0 Å². The lowest BCUT2D eigenvalue weighted by atomic mass is 10.0. The van der Waals surface area contributed by atoms with Gasteiger partial charge in [0.15, 0.2) is 0 Å². The fraction of sp³-hybridized carbons (Fsp3) is 0.483. The Kier molecular flexibility index (Phi) is 18.9. The lowest BCUT2D eigenvalue weighted by Gasteiger charge is -2.36. The summed E-state index contributed by atoms with van der Waals surface area (Å²) in [5.74, 6) is 0.994. The fourth-order valence-corrected chi connectivity index (χ4v) is 12.2. The van der Waals surface area contributed by atoms with Crippen LogP contribution >= 0.6 is 23.2 Å². The van der Waals surface area contributed by atoms with Gasteiger partial charge in [0.2, 0.25) is 0 Å². The molecule has 22 heteroatoms. The summed E-state index contributed by atoms with van der Waals surface area (Å²) in [6.07, 6.45) is 2.01. The van der Waals surface area contributed by atoms with E-state index in [1.54, 1.807) is 21.9 Å². The maximum absolute atomic E-state index is 13.5. The van der Waals surface area contributed by atoms with Crippen molar-refractivity contribution in [1.82, 2.24) is 51.5 Å². The van der Waals surface area contributed by atoms with Crippen LogP contribution < -0.4 is 41.4 Å². The summed E-state index contributed by atoms with van der Waals surface area (Å²) in [7, 11) is 0. The zero-order valence-electron chi connectivity index (χ0n) is 44.8. The molecule has 6 amide bonds. The molecular weight excluding hydrogens is 1060 g/mol. The van der Waals surface area contributed by atoms with Crippen LogP contribution in [0, 0.1) is 22.7 Å². The molecule has 20 nitrogen and oxygen atoms in total. The molecule has 6 N–H and O–H groups in total. The molecule has 4 aromatic rings. The third-order valence-electron chi connectivity index (χ3n) is 15.8. The molecule has 2 saturated heterocycles. The van der Waals surface area contributed by atoms with Gasteiger partial charge in [-0.25, -0.2) is 9.59 Å². The highest BCUT2D eigenvalue weighted by Gasteiger charge is 2.42. The molecule has 2 aliphatic carbocycles. The Morgan fingerprint density at radius 1 is 0.575 bits per heavy atom. The van der Waals surface area contributed by atoms with Gasteiger partial charge in [0.05, 0.1) is 61.8 Å². The number of piperazine rings is 2. The first kappa shape index (κ1) is 56.6. The van der Waals surface area contributed by atoms with Gasteiger partial charge >= 0.3 is 12.1 Å². The molecule has 6 aliphatic rings. The maximum atomic E-state index is 13.5. The molecule has 0 aromatic heterocycles. The van der Waals surface area contributed by atoms with Crippen molar-refractivity contribution >= 4 is 47.1 Å². The Morgan fingerprint density at radius 3 is 1.40 bits per heavy atom. The zero-order valence-corrected chi connectivity index (χ0v) is 46.3. The quantitative estimate of drug-likeness (QED) is 0.0555. The van der Waals surface area contributed by atoms with E-state index in [0.717, 1.165) is 85.7 Å². The first-order valence-electron chi connectivity index (χ1n) is 27.8. The summed E-state index contributed by atoms with van der Waals surface area (Å²) >= 11 is 12.9. The Labute approximate surface area is 476 Å². The number of unbranched alkanes of at least 4 members (excludes halogenated alkanes) is 1. The molecule has 0 unspecified atom stereocenters. The average molecular weight is 1130 g/mol. The zero-order chi connectivity index (χ0) is 55.5. The van der Waals surface area contributed by atoms with Gasteiger partial charge in [0, 0.05) is 126 Å². The van der Waals surface area contributed by atoms with Crippen LogP contribution in [-0.2, 0) is 35.4 Å². The summed E-state index contributed by atoms with van der Waals surface area (Å²) in [5, 5.41) is 38.8. The van der Waals surface area contributed by atoms with Crippen molar-refractivity contribution in [3.05, 3.63) is 126 Å². The maximum Gasteiger partial charge on any atom is 0.314 e. The molecule has 2 fully saturated rings. The number of halogens is 2. The topological polar surface area (TPSA) is 238 Å². The van der Waals surface area contributed by atoms with Gasteiger partial charge in [-0.2, -0.15) is 10.5 Å². The smallest absolute Gasteiger partial charge is 0.314 e. The van der Waals surface area contributed by atoms with Crippen LogP contribution in [0.25, 0.3) is 0 Å². The van der Waals surface area contributed by atoms with Crippen molar-refractivity contribution < 1.29 is 38.1 Å². The van der Waals surface area contributed by atoms with Gasteiger partial charge in [-0.1, -0.05) is 35.3 Å². The highest BCUT2D eigenvalue weighted by Crippen LogP contribution is 2.44. The number of fused-ring (bicyclic) bond motifs is 4. The number of hydrogen-bond donors (Lipinski definition) is 6. The second-order valence-corrected chi connectivity index (χ2v) is 21.7. The second kappa shape index (κ2) is 26.7. The number of ether oxygens (including phenoxy) is 4. The molecule has 10 rings (SSSR count). The Balaban J connectivity index is 0.553. The third-order valence-corrected chi connectivity index (χ3v) is 16.3. The van der Waals surface area contributed by atoms with Gasteiger partial charge in [-0.3, -0.25) is 19.4 Å². The van der Waals surface area contributed by atoms with Gasteiger partial charge in [-0.05, 0) is 108 Å². The summed E-state index contributed by atoms with van der Waals surface area (Å²) in [6.45, 7) is 11.3. The van der Waals surface area contributed by atoms with Crippen LogP contribution in [0.3, 0.4) is 0 Å². The molecule has 422 valence electrons. The number of benzene rings is 4. The van der Waals surface area contributed by atoms with Crippen molar-refractivity contribution in [2.24, 2.45) is 0 Å². The van der Waals surface area contributed by atoms with Gasteiger partial charge in [-0.15, -0.1) is 0 Å². The monoisotopic (exact) mass is 1130 g/mol. The van der Waals surface area contributed by atoms with E-state index in [2.05, 4.69) is 53.8 Å². The first-order chi connectivity index (χ1) is 39.0. The first-order valence-corrected chi connectivity index (χ1v) is 28.5. The third kappa shape index (κ3) is 13.4. The second-order valence-electron chi connectivity index (χ2n) is 20.8. The number of carbonyl (C=O) groups is 4. The van der Waals surface area contributed by atoms with E-state index in [1.165, 1.54) is 0 Å². The highest BCUT2D eigenvalue weighted by atomic mass is 35.5. The van der Waals surface area contributed by atoms with E-state index in [4.69, 9.17) is 42.1 Å². The molecule has 0 spiro atoms. The lowest BCUT2D eigenvalue weighted by Crippen LogP contribution is -2.50. The van der Waals surface area contributed by atoms with Gasteiger partial charge in [0.1, 0.15) is 23.7 Å². The molecular formula is C58H68Cl2N12O8. The number of nitrogens with one attached hydrogen (secondary N) is 6. The van der Waals surface area contributed by atoms with Crippen molar-refractivity contribution in [2.75, 3.05) is 118 Å². The van der Waals surface area contributed by atoms with Crippen molar-refractivity contribution in [3.8, 4) is 23.6 Å². The summed E-state index contributed by atoms with van der Waals surface area (Å²) < 4.78 is 24.9. The molecule has 0 saturated carbocycles. The summed E-state index contributed by atoms with van der Waals surface area (Å²) in [6, 6.07) is 22.6.